The van der Waals surface area contributed by atoms with E-state index in [4.69, 9.17) is 32.7 Å². The topological polar surface area (TPSA) is 96.5 Å². The van der Waals surface area contributed by atoms with Gasteiger partial charge in [0.15, 0.2) is 16.4 Å². The van der Waals surface area contributed by atoms with Crippen LogP contribution in [0.3, 0.4) is 0 Å². The number of sulfone groups is 1. The highest BCUT2D eigenvalue weighted by Crippen LogP contribution is 2.39. The summed E-state index contributed by atoms with van der Waals surface area (Å²) in [6.07, 6.45) is 1.18. The largest absolute Gasteiger partial charge is 0.482 e. The molecule has 2 aliphatic heterocycles. The highest BCUT2D eigenvalue weighted by atomic mass is 35.5. The van der Waals surface area contributed by atoms with Crippen LogP contribution in [0.4, 0.5) is 5.69 Å². The number of hydrogen-bond donors (Lipinski definition) is 0. The van der Waals surface area contributed by atoms with E-state index in [1.54, 1.807) is 42.3 Å². The lowest BCUT2D eigenvalue weighted by Gasteiger charge is -2.37. The fourth-order valence-electron chi connectivity index (χ4n) is 5.06. The number of carbonyl (C=O) groups is 2. The number of hydrogen-bond acceptors (Lipinski definition) is 7. The number of amides is 2. The van der Waals surface area contributed by atoms with Gasteiger partial charge in [-0.15, -0.1) is 0 Å². The molecule has 0 aromatic heterocycles. The Morgan fingerprint density at radius 2 is 1.57 bits per heavy atom. The van der Waals surface area contributed by atoms with Crippen LogP contribution in [-0.4, -0.2) is 89.3 Å². The molecule has 3 aromatic carbocycles. The quantitative estimate of drug-likeness (QED) is 0.365. The van der Waals surface area contributed by atoms with Crippen molar-refractivity contribution >= 4 is 50.5 Å². The molecule has 9 nitrogen and oxygen atoms in total. The minimum absolute atomic E-state index is 0.186. The summed E-state index contributed by atoms with van der Waals surface area (Å²) in [6.45, 7) is 2.93. The third-order valence-electron chi connectivity index (χ3n) is 7.55. The first-order chi connectivity index (χ1) is 20.0. The van der Waals surface area contributed by atoms with E-state index in [-0.39, 0.29) is 40.9 Å². The number of rotatable bonds is 8. The van der Waals surface area contributed by atoms with Gasteiger partial charge >= 0.3 is 0 Å². The number of morpholine rings is 1. The SMILES string of the molecule is CN(C(=O)CN1C(=O)COc2cc(Cl)c(Cl)cc21)C(CN1CCOCC1)c1ccc(-c2ccc(S(C)(=O)=O)cc2)cc1. The van der Waals surface area contributed by atoms with E-state index in [0.29, 0.717) is 36.2 Å². The fraction of sp³-hybridized carbons (Fsp3) is 0.333. The second-order valence-corrected chi connectivity index (χ2v) is 13.2. The normalized spacial score (nSPS) is 16.5. The molecule has 2 heterocycles. The number of likely N-dealkylation sites (N-methyl/N-ethyl adjacent to an activating group) is 1. The van der Waals surface area contributed by atoms with Gasteiger partial charge in [-0.25, -0.2) is 8.42 Å². The maximum atomic E-state index is 13.7. The lowest BCUT2D eigenvalue weighted by atomic mass is 9.99. The summed E-state index contributed by atoms with van der Waals surface area (Å²) < 4.78 is 34.7. The molecule has 1 saturated heterocycles. The van der Waals surface area contributed by atoms with Crippen molar-refractivity contribution in [1.82, 2.24) is 9.80 Å². The lowest BCUT2D eigenvalue weighted by molar-refractivity contribution is -0.133. The molecule has 0 N–H and O–H groups in total. The molecule has 222 valence electrons. The molecule has 0 saturated carbocycles. The monoisotopic (exact) mass is 631 g/mol. The third kappa shape index (κ3) is 6.74. The minimum atomic E-state index is -3.28. The number of ether oxygens (including phenoxy) is 2. The fourth-order valence-corrected chi connectivity index (χ4v) is 6.00. The van der Waals surface area contributed by atoms with Crippen LogP contribution in [0.15, 0.2) is 65.6 Å². The first-order valence-corrected chi connectivity index (χ1v) is 16.0. The van der Waals surface area contributed by atoms with Crippen molar-refractivity contribution < 1.29 is 27.5 Å². The second kappa shape index (κ2) is 12.6. The van der Waals surface area contributed by atoms with Crippen LogP contribution in [0.5, 0.6) is 5.75 Å². The predicted molar refractivity (Wildman–Crippen MR) is 162 cm³/mol. The molecule has 0 aliphatic carbocycles. The van der Waals surface area contributed by atoms with Gasteiger partial charge in [-0.3, -0.25) is 19.4 Å². The number of nitrogens with zero attached hydrogens (tertiary/aromatic N) is 3. The van der Waals surface area contributed by atoms with Gasteiger partial charge in [0.25, 0.3) is 5.91 Å². The molecule has 12 heteroatoms. The van der Waals surface area contributed by atoms with Gasteiger partial charge in [0.05, 0.1) is 39.9 Å². The Morgan fingerprint density at radius 1 is 0.976 bits per heavy atom. The van der Waals surface area contributed by atoms with Gasteiger partial charge in [-0.05, 0) is 34.9 Å². The standard InChI is InChI=1S/C30H31Cl2N3O6S/c1-33(29(36)18-35-26-15-24(31)25(32)16-28(26)41-19-30(35)37)27(17-34-11-13-40-14-12-34)22-5-3-20(4-6-22)21-7-9-23(10-8-21)42(2,38)39/h3-10,15-16,27H,11-14,17-19H2,1-2H3. The molecule has 0 bridgehead atoms. The minimum Gasteiger partial charge on any atom is -0.482 e. The lowest BCUT2D eigenvalue weighted by Crippen LogP contribution is -2.48. The molecule has 0 spiro atoms. The van der Waals surface area contributed by atoms with E-state index in [2.05, 4.69) is 4.90 Å². The number of fused-ring (bicyclic) bond motifs is 1. The van der Waals surface area contributed by atoms with E-state index < -0.39 is 9.84 Å². The summed E-state index contributed by atoms with van der Waals surface area (Å²) in [5.74, 6) is -0.205. The number of benzene rings is 3. The number of halogens is 2. The van der Waals surface area contributed by atoms with Gasteiger partial charge < -0.3 is 14.4 Å². The smallest absolute Gasteiger partial charge is 0.265 e. The summed E-state index contributed by atoms with van der Waals surface area (Å²) in [5, 5.41) is 0.560. The molecular formula is C30H31Cl2N3O6S. The zero-order valence-corrected chi connectivity index (χ0v) is 25.6. The van der Waals surface area contributed by atoms with E-state index >= 15 is 0 Å². The average molecular weight is 633 g/mol. The van der Waals surface area contributed by atoms with Crippen molar-refractivity contribution in [3.63, 3.8) is 0 Å². The zero-order chi connectivity index (χ0) is 30.0. The van der Waals surface area contributed by atoms with Crippen molar-refractivity contribution in [3.05, 3.63) is 76.3 Å². The molecule has 3 aromatic rings. The molecule has 5 rings (SSSR count). The van der Waals surface area contributed by atoms with E-state index in [0.717, 1.165) is 29.8 Å². The van der Waals surface area contributed by atoms with Gasteiger partial charge in [-0.2, -0.15) is 0 Å². The van der Waals surface area contributed by atoms with Crippen LogP contribution >= 0.6 is 23.2 Å². The average Bonchev–Trinajstić information content (AvgIpc) is 2.98. The van der Waals surface area contributed by atoms with Crippen molar-refractivity contribution in [2.45, 2.75) is 10.9 Å². The molecule has 42 heavy (non-hydrogen) atoms. The molecule has 2 amide bonds. The van der Waals surface area contributed by atoms with Crippen LogP contribution in [0.2, 0.25) is 10.0 Å². The maximum Gasteiger partial charge on any atom is 0.265 e. The maximum absolute atomic E-state index is 13.7. The van der Waals surface area contributed by atoms with Crippen LogP contribution in [0, 0.1) is 0 Å². The number of anilines is 1. The third-order valence-corrected chi connectivity index (χ3v) is 9.40. The Hall–Kier alpha value is -3.15. The first-order valence-electron chi connectivity index (χ1n) is 13.4. The van der Waals surface area contributed by atoms with Gasteiger partial charge in [0.2, 0.25) is 5.91 Å². The molecule has 1 fully saturated rings. The Bertz CT molecular complexity index is 1580. The first kappa shape index (κ1) is 30.3. The highest BCUT2D eigenvalue weighted by molar-refractivity contribution is 7.90. The summed E-state index contributed by atoms with van der Waals surface area (Å²) in [6, 6.07) is 17.4. The Balaban J connectivity index is 1.39. The van der Waals surface area contributed by atoms with Crippen LogP contribution in [0.1, 0.15) is 11.6 Å². The van der Waals surface area contributed by atoms with Crippen molar-refractivity contribution in [3.8, 4) is 16.9 Å². The summed E-state index contributed by atoms with van der Waals surface area (Å²) in [5.41, 5.74) is 3.13. The van der Waals surface area contributed by atoms with Crippen molar-refractivity contribution in [1.29, 1.82) is 0 Å². The van der Waals surface area contributed by atoms with Crippen molar-refractivity contribution in [2.24, 2.45) is 0 Å². The van der Waals surface area contributed by atoms with Gasteiger partial charge in [0.1, 0.15) is 12.3 Å². The van der Waals surface area contributed by atoms with Gasteiger partial charge in [0, 0.05) is 39.0 Å². The van der Waals surface area contributed by atoms with Crippen LogP contribution in [0.25, 0.3) is 11.1 Å². The van der Waals surface area contributed by atoms with Gasteiger partial charge in [-0.1, -0.05) is 59.6 Å². The summed E-state index contributed by atoms with van der Waals surface area (Å²) >= 11 is 12.4. The molecule has 1 atom stereocenters. The van der Waals surface area contributed by atoms with E-state index in [1.807, 2.05) is 24.3 Å². The Labute approximate surface area is 255 Å². The van der Waals surface area contributed by atoms with Crippen molar-refractivity contribution in [2.75, 3.05) is 64.2 Å². The molecular weight excluding hydrogens is 601 g/mol. The highest BCUT2D eigenvalue weighted by Gasteiger charge is 2.32. The Morgan fingerprint density at radius 3 is 2.19 bits per heavy atom. The molecule has 0 radical (unpaired) electrons. The molecule has 1 unspecified atom stereocenters. The van der Waals surface area contributed by atoms with E-state index in [1.165, 1.54) is 17.2 Å². The van der Waals surface area contributed by atoms with Crippen LogP contribution in [-0.2, 0) is 24.2 Å². The zero-order valence-electron chi connectivity index (χ0n) is 23.3. The number of carbonyl (C=O) groups excluding carboxylic acids is 2. The summed E-state index contributed by atoms with van der Waals surface area (Å²) in [4.78, 5) is 32.1. The predicted octanol–water partition coefficient (Wildman–Crippen LogP) is 4.32. The van der Waals surface area contributed by atoms with Crippen LogP contribution < -0.4 is 9.64 Å². The Kier molecular flexibility index (Phi) is 9.10. The van der Waals surface area contributed by atoms with E-state index in [9.17, 15) is 18.0 Å². The second-order valence-electron chi connectivity index (χ2n) is 10.4. The molecule has 2 aliphatic rings. The summed E-state index contributed by atoms with van der Waals surface area (Å²) in [7, 11) is -1.54.